The molecule has 3 aliphatic carbocycles. The number of fused-ring (bicyclic) bond motifs is 2. The molecule has 1 heterocycles. The van der Waals surface area contributed by atoms with Crippen LogP contribution in [0.5, 0.6) is 0 Å². The lowest BCUT2D eigenvalue weighted by molar-refractivity contribution is -0.168. The van der Waals surface area contributed by atoms with E-state index in [1.807, 2.05) is 0 Å². The second-order valence-corrected chi connectivity index (χ2v) is 7.67. The van der Waals surface area contributed by atoms with Crippen molar-refractivity contribution in [2.24, 2.45) is 17.8 Å². The molecule has 1 amide bonds. The summed E-state index contributed by atoms with van der Waals surface area (Å²) in [5.74, 6) is -3.53. The molecular formula is C15H19F2N3OS. The fourth-order valence-corrected chi connectivity index (χ4v) is 4.65. The molecule has 120 valence electrons. The first-order chi connectivity index (χ1) is 10.5. The van der Waals surface area contributed by atoms with Crippen LogP contribution in [0.3, 0.4) is 0 Å². The summed E-state index contributed by atoms with van der Waals surface area (Å²) in [6.07, 6.45) is 4.79. The molecular weight excluding hydrogens is 308 g/mol. The second kappa shape index (κ2) is 5.22. The summed E-state index contributed by atoms with van der Waals surface area (Å²) < 4.78 is 32.4. The maximum Gasteiger partial charge on any atom is 0.253 e. The number of carbonyl (C=O) groups excluding carboxylic acids is 1. The fourth-order valence-electron chi connectivity index (χ4n) is 3.87. The molecule has 1 aromatic rings. The van der Waals surface area contributed by atoms with E-state index in [1.54, 1.807) is 0 Å². The van der Waals surface area contributed by atoms with Gasteiger partial charge in [0.1, 0.15) is 5.01 Å². The maximum atomic E-state index is 14.1. The minimum Gasteiger partial charge on any atom is -0.294 e. The Hall–Kier alpha value is -1.11. The molecule has 2 unspecified atom stereocenters. The van der Waals surface area contributed by atoms with Gasteiger partial charge >= 0.3 is 0 Å². The van der Waals surface area contributed by atoms with E-state index in [1.165, 1.54) is 11.5 Å². The highest BCUT2D eigenvalue weighted by atomic mass is 32.1. The predicted octanol–water partition coefficient (Wildman–Crippen LogP) is 3.82. The third-order valence-electron chi connectivity index (χ3n) is 5.31. The Balaban J connectivity index is 1.42. The molecule has 0 radical (unpaired) electrons. The lowest BCUT2D eigenvalue weighted by Crippen LogP contribution is -2.48. The van der Waals surface area contributed by atoms with E-state index in [0.717, 1.165) is 24.3 Å². The van der Waals surface area contributed by atoms with Gasteiger partial charge in [0.25, 0.3) is 5.92 Å². The molecule has 3 fully saturated rings. The predicted molar refractivity (Wildman–Crippen MR) is 79.0 cm³/mol. The number of carbonyl (C=O) groups is 1. The Labute approximate surface area is 131 Å². The van der Waals surface area contributed by atoms with Crippen molar-refractivity contribution in [1.82, 2.24) is 9.36 Å². The van der Waals surface area contributed by atoms with Crippen molar-refractivity contribution >= 4 is 23.4 Å². The van der Waals surface area contributed by atoms with Gasteiger partial charge in [-0.3, -0.25) is 10.1 Å². The number of hydrogen-bond donors (Lipinski definition) is 1. The third-order valence-corrected chi connectivity index (χ3v) is 6.18. The van der Waals surface area contributed by atoms with Crippen LogP contribution in [-0.4, -0.2) is 21.2 Å². The van der Waals surface area contributed by atoms with Crippen LogP contribution in [0.25, 0.3) is 0 Å². The van der Waals surface area contributed by atoms with Crippen LogP contribution in [0.1, 0.15) is 55.9 Å². The number of hydrogen-bond acceptors (Lipinski definition) is 4. The number of amides is 1. The molecule has 1 N–H and O–H groups in total. The fraction of sp³-hybridized carbons (Fsp3) is 0.800. The number of nitrogens with one attached hydrogen (secondary N) is 1. The highest BCUT2D eigenvalue weighted by Gasteiger charge is 2.54. The van der Waals surface area contributed by atoms with Crippen molar-refractivity contribution < 1.29 is 13.6 Å². The molecule has 3 saturated carbocycles. The van der Waals surface area contributed by atoms with E-state index in [9.17, 15) is 13.6 Å². The van der Waals surface area contributed by atoms with Gasteiger partial charge in [0.05, 0.1) is 0 Å². The van der Waals surface area contributed by atoms with Gasteiger partial charge in [-0.15, -0.1) is 0 Å². The largest absolute Gasteiger partial charge is 0.294 e. The Bertz CT molecular complexity index is 571. The molecule has 0 saturated heterocycles. The molecule has 0 aliphatic heterocycles. The highest BCUT2D eigenvalue weighted by Crippen LogP contribution is 2.52. The Morgan fingerprint density at radius 2 is 1.86 bits per heavy atom. The third kappa shape index (κ3) is 2.53. The number of nitrogens with zero attached hydrogens (tertiary/aromatic N) is 2. The first kappa shape index (κ1) is 14.5. The first-order valence-electron chi connectivity index (χ1n) is 8.06. The quantitative estimate of drug-likeness (QED) is 0.918. The molecule has 4 rings (SSSR count). The molecule has 2 bridgehead atoms. The number of halogens is 2. The molecule has 0 spiro atoms. The molecule has 7 heteroatoms. The standard InChI is InChI=1S/C15H19F2N3OS/c16-15(17)10-2-1-3-11(15)7-9(6-10)12(21)18-14-19-13(22-20-14)8-4-5-8/h8-11H,1-7H2,(H,18,20,21). The van der Waals surface area contributed by atoms with Crippen molar-refractivity contribution in [3.05, 3.63) is 5.01 Å². The Kier molecular flexibility index (Phi) is 3.43. The summed E-state index contributed by atoms with van der Waals surface area (Å²) in [6, 6.07) is 0. The SMILES string of the molecule is O=C(Nc1nsc(C2CC2)n1)C1CC2CCCC(C1)C2(F)F. The van der Waals surface area contributed by atoms with Crippen LogP contribution in [0, 0.1) is 17.8 Å². The second-order valence-electron chi connectivity index (χ2n) is 6.89. The molecule has 3 aliphatic rings. The van der Waals surface area contributed by atoms with Crippen LogP contribution in [-0.2, 0) is 4.79 Å². The van der Waals surface area contributed by atoms with Crippen molar-refractivity contribution in [2.75, 3.05) is 5.32 Å². The topological polar surface area (TPSA) is 54.9 Å². The number of aromatic nitrogens is 2. The van der Waals surface area contributed by atoms with Crippen LogP contribution >= 0.6 is 11.5 Å². The van der Waals surface area contributed by atoms with E-state index in [4.69, 9.17) is 0 Å². The summed E-state index contributed by atoms with van der Waals surface area (Å²) >= 11 is 1.33. The van der Waals surface area contributed by atoms with Gasteiger partial charge in [-0.2, -0.15) is 4.37 Å². The summed E-state index contributed by atoms with van der Waals surface area (Å²) in [5.41, 5.74) is 0. The molecule has 22 heavy (non-hydrogen) atoms. The number of anilines is 1. The average Bonchev–Trinajstić information content (AvgIpc) is 3.18. The van der Waals surface area contributed by atoms with Gasteiger partial charge in [0, 0.05) is 23.7 Å². The summed E-state index contributed by atoms with van der Waals surface area (Å²) in [4.78, 5) is 16.7. The number of alkyl halides is 2. The van der Waals surface area contributed by atoms with E-state index in [-0.39, 0.29) is 24.7 Å². The van der Waals surface area contributed by atoms with Gasteiger partial charge in [0.2, 0.25) is 11.9 Å². The molecule has 2 atom stereocenters. The van der Waals surface area contributed by atoms with Crippen LogP contribution in [0.2, 0.25) is 0 Å². The summed E-state index contributed by atoms with van der Waals surface area (Å²) in [6.45, 7) is 0. The van der Waals surface area contributed by atoms with Crippen molar-refractivity contribution in [2.45, 2.75) is 56.8 Å². The Morgan fingerprint density at radius 1 is 1.18 bits per heavy atom. The average molecular weight is 327 g/mol. The maximum absolute atomic E-state index is 14.1. The van der Waals surface area contributed by atoms with Crippen molar-refractivity contribution in [3.8, 4) is 0 Å². The van der Waals surface area contributed by atoms with E-state index in [2.05, 4.69) is 14.7 Å². The van der Waals surface area contributed by atoms with Gasteiger partial charge in [-0.05, 0) is 50.1 Å². The zero-order valence-electron chi connectivity index (χ0n) is 12.2. The Morgan fingerprint density at radius 3 is 2.50 bits per heavy atom. The van der Waals surface area contributed by atoms with Gasteiger partial charge in [-0.25, -0.2) is 13.8 Å². The molecule has 4 nitrogen and oxygen atoms in total. The van der Waals surface area contributed by atoms with Gasteiger partial charge in [0.15, 0.2) is 0 Å². The highest BCUT2D eigenvalue weighted by molar-refractivity contribution is 7.05. The van der Waals surface area contributed by atoms with E-state index in [0.29, 0.717) is 24.7 Å². The monoisotopic (exact) mass is 327 g/mol. The minimum absolute atomic E-state index is 0.187. The van der Waals surface area contributed by atoms with Gasteiger partial charge < -0.3 is 0 Å². The van der Waals surface area contributed by atoms with Crippen molar-refractivity contribution in [1.29, 1.82) is 0 Å². The van der Waals surface area contributed by atoms with Crippen LogP contribution < -0.4 is 5.32 Å². The van der Waals surface area contributed by atoms with E-state index >= 15 is 0 Å². The zero-order chi connectivity index (χ0) is 15.3. The van der Waals surface area contributed by atoms with Gasteiger partial charge in [-0.1, -0.05) is 6.42 Å². The number of rotatable bonds is 3. The minimum atomic E-state index is -2.59. The normalized spacial score (nSPS) is 33.5. The zero-order valence-corrected chi connectivity index (χ0v) is 13.0. The smallest absolute Gasteiger partial charge is 0.253 e. The van der Waals surface area contributed by atoms with Crippen molar-refractivity contribution in [3.63, 3.8) is 0 Å². The summed E-state index contributed by atoms with van der Waals surface area (Å²) in [5, 5.41) is 3.71. The molecule has 0 aromatic carbocycles. The lowest BCUT2D eigenvalue weighted by atomic mass is 9.65. The molecule has 1 aromatic heterocycles. The van der Waals surface area contributed by atoms with Crippen LogP contribution in [0.4, 0.5) is 14.7 Å². The lowest BCUT2D eigenvalue weighted by Gasteiger charge is -2.44. The van der Waals surface area contributed by atoms with Crippen LogP contribution in [0.15, 0.2) is 0 Å². The van der Waals surface area contributed by atoms with E-state index < -0.39 is 17.8 Å². The summed E-state index contributed by atoms with van der Waals surface area (Å²) in [7, 11) is 0. The first-order valence-corrected chi connectivity index (χ1v) is 8.83.